The van der Waals surface area contributed by atoms with Crippen molar-refractivity contribution in [3.63, 3.8) is 0 Å². The van der Waals surface area contributed by atoms with Crippen molar-refractivity contribution < 1.29 is 24.1 Å². The second-order valence-corrected chi connectivity index (χ2v) is 5.54. The predicted molar refractivity (Wildman–Crippen MR) is 101 cm³/mol. The quantitative estimate of drug-likeness (QED) is 0.215. The Morgan fingerprint density at radius 2 is 1.25 bits per heavy atom. The van der Waals surface area contributed by atoms with Crippen molar-refractivity contribution >= 4 is 17.5 Å². The molecule has 0 aliphatic rings. The number of benzene rings is 2. The Labute approximate surface area is 159 Å². The molecule has 0 unspecified atom stereocenters. The fourth-order valence-electron chi connectivity index (χ4n) is 2.39. The number of nitro benzene ring substituents is 2. The molecule has 144 valence electrons. The predicted octanol–water partition coefficient (Wildman–Crippen LogP) is 4.54. The lowest BCUT2D eigenvalue weighted by Gasteiger charge is -2.11. The number of carbonyl (C=O) groups is 1. The summed E-state index contributed by atoms with van der Waals surface area (Å²) in [5.74, 6) is 0.172. The minimum Gasteiger partial charge on any atom is -0.394 e. The van der Waals surface area contributed by atoms with Crippen molar-refractivity contribution in [1.82, 2.24) is 0 Å². The fourth-order valence-corrected chi connectivity index (χ4v) is 2.39. The van der Waals surface area contributed by atoms with Crippen molar-refractivity contribution in [2.45, 2.75) is 12.8 Å². The minimum absolute atomic E-state index is 0.0858. The van der Waals surface area contributed by atoms with Crippen molar-refractivity contribution in [1.29, 1.82) is 0 Å². The molecule has 0 aliphatic carbocycles. The molecular weight excluding hydrogens is 368 g/mol. The standard InChI is InChI=1S/C19H16N2O7/c1-3-5-13-11-15(20(23)24)7-9-17(13)27-19(22)28-18-10-8-16(21(25)26)12-14(18)6-4-2/h3-4,7-12H,1-2,5-6H2. The summed E-state index contributed by atoms with van der Waals surface area (Å²) in [7, 11) is 0. The van der Waals surface area contributed by atoms with Crippen molar-refractivity contribution in [2.24, 2.45) is 0 Å². The Hall–Kier alpha value is -4.01. The third-order valence-corrected chi connectivity index (χ3v) is 3.62. The van der Waals surface area contributed by atoms with Crippen LogP contribution in [0.15, 0.2) is 61.7 Å². The number of hydrogen-bond acceptors (Lipinski definition) is 7. The summed E-state index contributed by atoms with van der Waals surface area (Å²) < 4.78 is 10.3. The number of allylic oxidation sites excluding steroid dienone is 2. The lowest BCUT2D eigenvalue weighted by atomic mass is 10.1. The highest BCUT2D eigenvalue weighted by molar-refractivity contribution is 5.69. The van der Waals surface area contributed by atoms with E-state index >= 15 is 0 Å². The van der Waals surface area contributed by atoms with Gasteiger partial charge in [0.25, 0.3) is 11.4 Å². The van der Waals surface area contributed by atoms with Gasteiger partial charge in [0.15, 0.2) is 0 Å². The van der Waals surface area contributed by atoms with E-state index in [4.69, 9.17) is 9.47 Å². The summed E-state index contributed by atoms with van der Waals surface area (Å²) in [6.45, 7) is 7.13. The van der Waals surface area contributed by atoms with Gasteiger partial charge in [-0.05, 0) is 25.0 Å². The molecule has 0 bridgehead atoms. The summed E-state index contributed by atoms with van der Waals surface area (Å²) in [5, 5.41) is 21.8. The molecule has 0 heterocycles. The lowest BCUT2D eigenvalue weighted by molar-refractivity contribution is -0.385. The number of carbonyl (C=O) groups excluding carboxylic acids is 1. The highest BCUT2D eigenvalue weighted by Crippen LogP contribution is 2.28. The van der Waals surface area contributed by atoms with E-state index in [1.807, 2.05) is 0 Å². The van der Waals surface area contributed by atoms with Crippen LogP contribution in [0.3, 0.4) is 0 Å². The van der Waals surface area contributed by atoms with E-state index in [9.17, 15) is 25.0 Å². The van der Waals surface area contributed by atoms with Crippen molar-refractivity contribution in [2.75, 3.05) is 0 Å². The Kier molecular flexibility index (Phi) is 6.58. The van der Waals surface area contributed by atoms with E-state index < -0.39 is 16.0 Å². The molecular formula is C19H16N2O7. The molecule has 0 saturated heterocycles. The molecule has 9 heteroatoms. The zero-order valence-electron chi connectivity index (χ0n) is 14.7. The smallest absolute Gasteiger partial charge is 0.394 e. The van der Waals surface area contributed by atoms with Crippen molar-refractivity contribution in [3.8, 4) is 11.5 Å². The van der Waals surface area contributed by atoms with Gasteiger partial charge in [-0.25, -0.2) is 4.79 Å². The first-order chi connectivity index (χ1) is 13.3. The van der Waals surface area contributed by atoms with Crippen LogP contribution in [0, 0.1) is 20.2 Å². The molecule has 2 aromatic carbocycles. The van der Waals surface area contributed by atoms with Crippen LogP contribution in [0.2, 0.25) is 0 Å². The maximum Gasteiger partial charge on any atom is 0.519 e. The Bertz CT molecular complexity index is 878. The number of ether oxygens (including phenoxy) is 2. The van der Waals surface area contributed by atoms with Gasteiger partial charge in [0.05, 0.1) is 9.85 Å². The van der Waals surface area contributed by atoms with E-state index in [0.717, 1.165) is 0 Å². The molecule has 0 aromatic heterocycles. The minimum atomic E-state index is -1.08. The van der Waals surface area contributed by atoms with Crippen LogP contribution < -0.4 is 9.47 Å². The summed E-state index contributed by atoms with van der Waals surface area (Å²) in [6, 6.07) is 7.53. The fraction of sp³-hybridized carbons (Fsp3) is 0.105. The van der Waals surface area contributed by atoms with Crippen LogP contribution in [0.4, 0.5) is 16.2 Å². The lowest BCUT2D eigenvalue weighted by Crippen LogP contribution is -2.15. The Morgan fingerprint density at radius 1 is 0.857 bits per heavy atom. The number of non-ortho nitro benzene ring substituents is 2. The average Bonchev–Trinajstić information content (AvgIpc) is 2.64. The van der Waals surface area contributed by atoms with Crippen LogP contribution in [0.1, 0.15) is 11.1 Å². The van der Waals surface area contributed by atoms with Crippen LogP contribution in [-0.2, 0) is 12.8 Å². The Morgan fingerprint density at radius 3 is 1.57 bits per heavy atom. The topological polar surface area (TPSA) is 122 Å². The van der Waals surface area contributed by atoms with Gasteiger partial charge in [-0.3, -0.25) is 20.2 Å². The van der Waals surface area contributed by atoms with E-state index in [0.29, 0.717) is 11.1 Å². The van der Waals surface area contributed by atoms with Gasteiger partial charge in [0, 0.05) is 35.4 Å². The number of nitro groups is 2. The van der Waals surface area contributed by atoms with E-state index in [-0.39, 0.29) is 35.7 Å². The van der Waals surface area contributed by atoms with Crippen LogP contribution in [-0.4, -0.2) is 16.0 Å². The SMILES string of the molecule is C=CCc1cc([N+](=O)[O-])ccc1OC(=O)Oc1ccc([N+](=O)[O-])cc1CC=C. The largest absolute Gasteiger partial charge is 0.519 e. The summed E-state index contributed by atoms with van der Waals surface area (Å²) in [6.07, 6.45) is 2.41. The summed E-state index contributed by atoms with van der Waals surface area (Å²) in [5.41, 5.74) is 0.467. The molecule has 0 N–H and O–H groups in total. The van der Waals surface area contributed by atoms with E-state index in [1.165, 1.54) is 48.6 Å². The monoisotopic (exact) mass is 384 g/mol. The third-order valence-electron chi connectivity index (χ3n) is 3.62. The average molecular weight is 384 g/mol. The first-order valence-corrected chi connectivity index (χ1v) is 8.01. The van der Waals surface area contributed by atoms with Gasteiger partial charge in [0.1, 0.15) is 11.5 Å². The van der Waals surface area contributed by atoms with E-state index in [1.54, 1.807) is 0 Å². The number of hydrogen-bond donors (Lipinski definition) is 0. The zero-order chi connectivity index (χ0) is 20.7. The molecule has 2 aromatic rings. The number of nitrogens with zero attached hydrogens (tertiary/aromatic N) is 2. The van der Waals surface area contributed by atoms with Gasteiger partial charge in [0.2, 0.25) is 0 Å². The van der Waals surface area contributed by atoms with Gasteiger partial charge in [-0.1, -0.05) is 12.2 Å². The van der Waals surface area contributed by atoms with Gasteiger partial charge in [-0.2, -0.15) is 0 Å². The molecule has 0 amide bonds. The number of rotatable bonds is 8. The second kappa shape index (κ2) is 9.08. The molecule has 0 saturated carbocycles. The van der Waals surface area contributed by atoms with Gasteiger partial charge < -0.3 is 9.47 Å². The second-order valence-electron chi connectivity index (χ2n) is 5.54. The maximum atomic E-state index is 12.2. The molecule has 0 fully saturated rings. The highest BCUT2D eigenvalue weighted by atomic mass is 16.7. The molecule has 0 aliphatic heterocycles. The van der Waals surface area contributed by atoms with Gasteiger partial charge >= 0.3 is 6.16 Å². The highest BCUT2D eigenvalue weighted by Gasteiger charge is 2.18. The molecule has 9 nitrogen and oxygen atoms in total. The summed E-state index contributed by atoms with van der Waals surface area (Å²) >= 11 is 0. The van der Waals surface area contributed by atoms with E-state index in [2.05, 4.69) is 13.2 Å². The first kappa shape index (κ1) is 20.3. The van der Waals surface area contributed by atoms with Crippen molar-refractivity contribution in [3.05, 3.63) is 93.1 Å². The molecule has 0 spiro atoms. The summed E-state index contributed by atoms with van der Waals surface area (Å²) in [4.78, 5) is 32.8. The van der Waals surface area contributed by atoms with Crippen LogP contribution >= 0.6 is 0 Å². The molecule has 28 heavy (non-hydrogen) atoms. The molecule has 0 atom stereocenters. The molecule has 0 radical (unpaired) electrons. The third kappa shape index (κ3) is 5.01. The Balaban J connectivity index is 2.24. The van der Waals surface area contributed by atoms with Crippen LogP contribution in [0.25, 0.3) is 0 Å². The zero-order valence-corrected chi connectivity index (χ0v) is 14.7. The van der Waals surface area contributed by atoms with Crippen LogP contribution in [0.5, 0.6) is 11.5 Å². The normalized spacial score (nSPS) is 10.0. The maximum absolute atomic E-state index is 12.2. The molecule has 2 rings (SSSR count). The van der Waals surface area contributed by atoms with Gasteiger partial charge in [-0.15, -0.1) is 13.2 Å². The first-order valence-electron chi connectivity index (χ1n) is 8.01.